The maximum atomic E-state index is 11.5. The molecule has 0 aromatic rings. The fourth-order valence-electron chi connectivity index (χ4n) is 1.10. The van der Waals surface area contributed by atoms with E-state index in [0.717, 1.165) is 12.3 Å². The number of carbonyl (C=O) groups is 2. The first-order chi connectivity index (χ1) is 7.07. The number of aliphatic carboxylic acids is 1. The second kappa shape index (κ2) is 8.59. The Morgan fingerprint density at radius 3 is 2.40 bits per heavy atom. The molecule has 0 spiro atoms. The Morgan fingerprint density at radius 1 is 1.27 bits per heavy atom. The number of amides is 1. The maximum Gasteiger partial charge on any atom is 0.303 e. The monoisotopic (exact) mass is 233 g/mol. The SMILES string of the molecule is CSCCN(C)C(=O)CCCCC(=O)O. The first-order valence-electron chi connectivity index (χ1n) is 5.02. The highest BCUT2D eigenvalue weighted by Crippen LogP contribution is 2.03. The second-order valence-electron chi connectivity index (χ2n) is 3.41. The first-order valence-corrected chi connectivity index (χ1v) is 6.42. The molecule has 5 heteroatoms. The van der Waals surface area contributed by atoms with Crippen LogP contribution in [0.3, 0.4) is 0 Å². The third kappa shape index (κ3) is 8.30. The molecule has 88 valence electrons. The molecule has 0 saturated heterocycles. The molecule has 0 radical (unpaired) electrons. The Hall–Kier alpha value is -0.710. The minimum Gasteiger partial charge on any atom is -0.481 e. The van der Waals surface area contributed by atoms with Crippen LogP contribution >= 0.6 is 11.8 Å². The average molecular weight is 233 g/mol. The van der Waals surface area contributed by atoms with E-state index < -0.39 is 5.97 Å². The zero-order valence-corrected chi connectivity index (χ0v) is 10.2. The molecule has 0 aliphatic rings. The van der Waals surface area contributed by atoms with E-state index >= 15 is 0 Å². The summed E-state index contributed by atoms with van der Waals surface area (Å²) in [6.07, 6.45) is 3.86. The summed E-state index contributed by atoms with van der Waals surface area (Å²) in [6, 6.07) is 0. The quantitative estimate of drug-likeness (QED) is 0.645. The van der Waals surface area contributed by atoms with Gasteiger partial charge in [-0.1, -0.05) is 0 Å². The lowest BCUT2D eigenvalue weighted by molar-refractivity contribution is -0.137. The highest BCUT2D eigenvalue weighted by molar-refractivity contribution is 7.98. The van der Waals surface area contributed by atoms with Gasteiger partial charge in [-0.15, -0.1) is 0 Å². The molecular weight excluding hydrogens is 214 g/mol. The lowest BCUT2D eigenvalue weighted by Gasteiger charge is -2.16. The van der Waals surface area contributed by atoms with Crippen LogP contribution in [0.5, 0.6) is 0 Å². The zero-order chi connectivity index (χ0) is 11.7. The Morgan fingerprint density at radius 2 is 1.87 bits per heavy atom. The zero-order valence-electron chi connectivity index (χ0n) is 9.36. The summed E-state index contributed by atoms with van der Waals surface area (Å²) in [5.74, 6) is 0.254. The molecular formula is C10H19NO3S. The predicted molar refractivity (Wildman–Crippen MR) is 62.1 cm³/mol. The molecule has 4 nitrogen and oxygen atoms in total. The summed E-state index contributed by atoms with van der Waals surface area (Å²) >= 11 is 1.71. The van der Waals surface area contributed by atoms with Gasteiger partial charge in [-0.2, -0.15) is 11.8 Å². The largest absolute Gasteiger partial charge is 0.481 e. The highest BCUT2D eigenvalue weighted by atomic mass is 32.2. The Kier molecular flexibility index (Phi) is 8.18. The van der Waals surface area contributed by atoms with Gasteiger partial charge in [0.25, 0.3) is 0 Å². The van der Waals surface area contributed by atoms with Crippen molar-refractivity contribution in [2.45, 2.75) is 25.7 Å². The smallest absolute Gasteiger partial charge is 0.303 e. The molecule has 0 atom stereocenters. The summed E-state index contributed by atoms with van der Waals surface area (Å²) in [5, 5.41) is 8.41. The number of unbranched alkanes of at least 4 members (excludes halogenated alkanes) is 1. The van der Waals surface area contributed by atoms with E-state index in [2.05, 4.69) is 0 Å². The van der Waals surface area contributed by atoms with Crippen molar-refractivity contribution in [2.75, 3.05) is 25.6 Å². The van der Waals surface area contributed by atoms with E-state index in [-0.39, 0.29) is 12.3 Å². The fourth-order valence-corrected chi connectivity index (χ4v) is 1.55. The van der Waals surface area contributed by atoms with Crippen LogP contribution in [0, 0.1) is 0 Å². The van der Waals surface area contributed by atoms with Crippen LogP contribution in [0.2, 0.25) is 0 Å². The van der Waals surface area contributed by atoms with E-state index in [1.54, 1.807) is 23.7 Å². The molecule has 0 aliphatic carbocycles. The fraction of sp³-hybridized carbons (Fsp3) is 0.800. The van der Waals surface area contributed by atoms with Crippen molar-refractivity contribution in [2.24, 2.45) is 0 Å². The number of carboxylic acid groups (broad SMARTS) is 1. The summed E-state index contributed by atoms with van der Waals surface area (Å²) in [5.41, 5.74) is 0. The lowest BCUT2D eigenvalue weighted by atomic mass is 10.2. The molecule has 0 unspecified atom stereocenters. The van der Waals surface area contributed by atoms with Crippen molar-refractivity contribution in [1.29, 1.82) is 0 Å². The lowest BCUT2D eigenvalue weighted by Crippen LogP contribution is -2.28. The van der Waals surface area contributed by atoms with Crippen molar-refractivity contribution >= 4 is 23.6 Å². The Labute approximate surface area is 95.0 Å². The Balaban J connectivity index is 3.51. The number of thioether (sulfide) groups is 1. The molecule has 0 aromatic carbocycles. The summed E-state index contributed by atoms with van der Waals surface area (Å²) in [4.78, 5) is 23.4. The van der Waals surface area contributed by atoms with Gasteiger partial charge in [0.2, 0.25) is 5.91 Å². The number of hydrogen-bond acceptors (Lipinski definition) is 3. The van der Waals surface area contributed by atoms with Crippen molar-refractivity contribution in [3.05, 3.63) is 0 Å². The van der Waals surface area contributed by atoms with Crippen LogP contribution in [0.1, 0.15) is 25.7 Å². The number of carboxylic acids is 1. The van der Waals surface area contributed by atoms with Crippen LogP contribution in [0.4, 0.5) is 0 Å². The molecule has 0 heterocycles. The van der Waals surface area contributed by atoms with E-state index in [1.165, 1.54) is 0 Å². The van der Waals surface area contributed by atoms with Gasteiger partial charge in [-0.3, -0.25) is 9.59 Å². The van der Waals surface area contributed by atoms with Gasteiger partial charge >= 0.3 is 5.97 Å². The van der Waals surface area contributed by atoms with E-state index in [9.17, 15) is 9.59 Å². The Bertz CT molecular complexity index is 209. The van der Waals surface area contributed by atoms with Gasteiger partial charge in [-0.25, -0.2) is 0 Å². The minimum atomic E-state index is -0.793. The van der Waals surface area contributed by atoms with Crippen LogP contribution in [0.25, 0.3) is 0 Å². The number of nitrogens with zero attached hydrogens (tertiary/aromatic N) is 1. The standard InChI is InChI=1S/C10H19NO3S/c1-11(7-8-15-2)9(12)5-3-4-6-10(13)14/h3-8H2,1-2H3,(H,13,14). The molecule has 0 rings (SSSR count). The molecule has 0 aromatic heterocycles. The molecule has 0 bridgehead atoms. The summed E-state index contributed by atoms with van der Waals surface area (Å²) in [6.45, 7) is 0.763. The van der Waals surface area contributed by atoms with Gasteiger partial charge in [-0.05, 0) is 19.1 Å². The summed E-state index contributed by atoms with van der Waals surface area (Å²) < 4.78 is 0. The van der Waals surface area contributed by atoms with Gasteiger partial charge < -0.3 is 10.0 Å². The average Bonchev–Trinajstić information content (AvgIpc) is 2.20. The normalized spacial score (nSPS) is 10.0. The molecule has 0 fully saturated rings. The van der Waals surface area contributed by atoms with Crippen LogP contribution < -0.4 is 0 Å². The summed E-state index contributed by atoms with van der Waals surface area (Å²) in [7, 11) is 1.79. The van der Waals surface area contributed by atoms with Crippen molar-refractivity contribution in [1.82, 2.24) is 4.90 Å². The number of carbonyl (C=O) groups excluding carboxylic acids is 1. The van der Waals surface area contributed by atoms with Gasteiger partial charge in [0, 0.05) is 32.2 Å². The maximum absolute atomic E-state index is 11.5. The van der Waals surface area contributed by atoms with Crippen LogP contribution in [0.15, 0.2) is 0 Å². The second-order valence-corrected chi connectivity index (χ2v) is 4.39. The van der Waals surface area contributed by atoms with Crippen LogP contribution in [-0.2, 0) is 9.59 Å². The third-order valence-corrected chi connectivity index (χ3v) is 2.68. The molecule has 1 amide bonds. The predicted octanol–water partition coefficient (Wildman–Crippen LogP) is 1.45. The minimum absolute atomic E-state index is 0.106. The first kappa shape index (κ1) is 14.3. The highest BCUT2D eigenvalue weighted by Gasteiger charge is 2.07. The van der Waals surface area contributed by atoms with Gasteiger partial charge in [0.05, 0.1) is 0 Å². The van der Waals surface area contributed by atoms with E-state index in [4.69, 9.17) is 5.11 Å². The topological polar surface area (TPSA) is 57.6 Å². The van der Waals surface area contributed by atoms with Gasteiger partial charge in [0.1, 0.15) is 0 Å². The van der Waals surface area contributed by atoms with E-state index in [1.807, 2.05) is 6.26 Å². The molecule has 0 aliphatic heterocycles. The van der Waals surface area contributed by atoms with E-state index in [0.29, 0.717) is 19.3 Å². The molecule has 15 heavy (non-hydrogen) atoms. The number of hydrogen-bond donors (Lipinski definition) is 1. The van der Waals surface area contributed by atoms with Crippen molar-refractivity contribution < 1.29 is 14.7 Å². The van der Waals surface area contributed by atoms with Crippen molar-refractivity contribution in [3.63, 3.8) is 0 Å². The molecule has 0 saturated carbocycles. The third-order valence-electron chi connectivity index (χ3n) is 2.09. The van der Waals surface area contributed by atoms with Crippen molar-refractivity contribution in [3.8, 4) is 0 Å². The molecule has 1 N–H and O–H groups in total. The van der Waals surface area contributed by atoms with Gasteiger partial charge in [0.15, 0.2) is 0 Å². The van der Waals surface area contributed by atoms with Crippen LogP contribution in [-0.4, -0.2) is 47.5 Å². The number of rotatable bonds is 8.